The van der Waals surface area contributed by atoms with Crippen LogP contribution in [0.2, 0.25) is 0 Å². The van der Waals surface area contributed by atoms with Gasteiger partial charge in [-0.2, -0.15) is 0 Å². The smallest absolute Gasteiger partial charge is 0.222 e. The fraction of sp³-hybridized carbons (Fsp3) is 0.900. The van der Waals surface area contributed by atoms with Crippen LogP contribution in [0.3, 0.4) is 0 Å². The normalized spacial score (nSPS) is 22.8. The van der Waals surface area contributed by atoms with Gasteiger partial charge in [0, 0.05) is 26.1 Å². The molecule has 14 heavy (non-hydrogen) atoms. The molecule has 82 valence electrons. The Labute approximate surface area is 85.4 Å². The minimum absolute atomic E-state index is 0.0977. The summed E-state index contributed by atoms with van der Waals surface area (Å²) < 4.78 is 4.85. The van der Waals surface area contributed by atoms with Crippen LogP contribution >= 0.6 is 0 Å². The molecule has 0 spiro atoms. The maximum atomic E-state index is 11.4. The van der Waals surface area contributed by atoms with Gasteiger partial charge in [-0.1, -0.05) is 6.42 Å². The minimum Gasteiger partial charge on any atom is -0.384 e. The number of hydrogen-bond donors (Lipinski definition) is 2. The van der Waals surface area contributed by atoms with Crippen molar-refractivity contribution >= 4 is 5.91 Å². The molecule has 0 aliphatic carbocycles. The highest BCUT2D eigenvalue weighted by atomic mass is 16.5. The monoisotopic (exact) mass is 200 g/mol. The molecule has 0 aromatic heterocycles. The van der Waals surface area contributed by atoms with Gasteiger partial charge in [-0.15, -0.1) is 0 Å². The number of amides is 1. The quantitative estimate of drug-likeness (QED) is 0.685. The molecule has 0 aromatic rings. The third-order valence-corrected chi connectivity index (χ3v) is 2.45. The maximum absolute atomic E-state index is 11.4. The summed E-state index contributed by atoms with van der Waals surface area (Å²) in [6, 6.07) is 0.307. The second kappa shape index (κ2) is 6.79. The van der Waals surface area contributed by atoms with E-state index in [0.29, 0.717) is 19.1 Å². The van der Waals surface area contributed by atoms with E-state index in [4.69, 9.17) is 4.74 Å². The van der Waals surface area contributed by atoms with Crippen molar-refractivity contribution in [1.82, 2.24) is 10.6 Å². The molecule has 0 radical (unpaired) electrons. The average Bonchev–Trinajstić information content (AvgIpc) is 2.43. The number of methoxy groups -OCH3 is 1. The molecule has 1 heterocycles. The highest BCUT2D eigenvalue weighted by Crippen LogP contribution is 2.03. The fourth-order valence-electron chi connectivity index (χ4n) is 1.64. The zero-order valence-electron chi connectivity index (χ0n) is 8.84. The van der Waals surface area contributed by atoms with Crippen LogP contribution in [0.15, 0.2) is 0 Å². The minimum atomic E-state index is 0.0977. The molecule has 1 aliphatic rings. The predicted molar refractivity (Wildman–Crippen MR) is 55.1 cm³/mol. The summed E-state index contributed by atoms with van der Waals surface area (Å²) in [4.78, 5) is 11.4. The molecule has 1 saturated heterocycles. The topological polar surface area (TPSA) is 50.4 Å². The van der Waals surface area contributed by atoms with E-state index in [0.717, 1.165) is 19.5 Å². The lowest BCUT2D eigenvalue weighted by Gasteiger charge is -2.16. The van der Waals surface area contributed by atoms with Crippen LogP contribution in [0, 0.1) is 0 Å². The van der Waals surface area contributed by atoms with Crippen molar-refractivity contribution in [3.8, 4) is 0 Å². The molecular formula is C10H20N2O2. The van der Waals surface area contributed by atoms with Gasteiger partial charge in [0.05, 0.1) is 6.61 Å². The zero-order valence-corrected chi connectivity index (χ0v) is 8.84. The van der Waals surface area contributed by atoms with Gasteiger partial charge in [-0.25, -0.2) is 0 Å². The van der Waals surface area contributed by atoms with E-state index >= 15 is 0 Å². The molecule has 1 aliphatic heterocycles. The standard InChI is InChI=1S/C10H20N2O2/c1-14-7-5-10(13)12-9-4-2-3-6-11-8-9/h9,11H,2-8H2,1H3,(H,12,13). The summed E-state index contributed by atoms with van der Waals surface area (Å²) >= 11 is 0. The second-order valence-electron chi connectivity index (χ2n) is 3.71. The van der Waals surface area contributed by atoms with Gasteiger partial charge in [-0.05, 0) is 19.4 Å². The van der Waals surface area contributed by atoms with E-state index < -0.39 is 0 Å². The molecule has 0 bridgehead atoms. The van der Waals surface area contributed by atoms with Gasteiger partial charge in [0.15, 0.2) is 0 Å². The number of carbonyl (C=O) groups excluding carboxylic acids is 1. The van der Waals surface area contributed by atoms with Crippen LogP contribution in [0.5, 0.6) is 0 Å². The molecule has 1 amide bonds. The Kier molecular flexibility index (Phi) is 5.56. The summed E-state index contributed by atoms with van der Waals surface area (Å²) in [6.45, 7) is 2.48. The lowest BCUT2D eigenvalue weighted by atomic mass is 10.1. The van der Waals surface area contributed by atoms with Gasteiger partial charge >= 0.3 is 0 Å². The van der Waals surface area contributed by atoms with Crippen molar-refractivity contribution < 1.29 is 9.53 Å². The number of carbonyl (C=O) groups is 1. The molecule has 0 aromatic carbocycles. The number of nitrogens with one attached hydrogen (secondary N) is 2. The summed E-state index contributed by atoms with van der Waals surface area (Å²) in [5.74, 6) is 0.0977. The maximum Gasteiger partial charge on any atom is 0.222 e. The average molecular weight is 200 g/mol. The van der Waals surface area contributed by atoms with Crippen LogP contribution in [-0.4, -0.2) is 38.8 Å². The van der Waals surface area contributed by atoms with E-state index in [1.54, 1.807) is 7.11 Å². The summed E-state index contributed by atoms with van der Waals surface area (Å²) in [7, 11) is 1.61. The summed E-state index contributed by atoms with van der Waals surface area (Å²) in [6.07, 6.45) is 3.96. The first-order valence-electron chi connectivity index (χ1n) is 5.32. The predicted octanol–water partition coefficient (Wildman–Crippen LogP) is 0.281. The van der Waals surface area contributed by atoms with Gasteiger partial charge in [-0.3, -0.25) is 4.79 Å². The Bertz CT molecular complexity index is 166. The third-order valence-electron chi connectivity index (χ3n) is 2.45. The van der Waals surface area contributed by atoms with Crippen LogP contribution in [0.25, 0.3) is 0 Å². The van der Waals surface area contributed by atoms with E-state index in [1.807, 2.05) is 0 Å². The molecular weight excluding hydrogens is 180 g/mol. The number of hydrogen-bond acceptors (Lipinski definition) is 3. The van der Waals surface area contributed by atoms with E-state index in [1.165, 1.54) is 12.8 Å². The molecule has 1 rings (SSSR count). The first-order chi connectivity index (χ1) is 6.83. The SMILES string of the molecule is COCCC(=O)NC1CCCCNC1. The molecule has 4 heteroatoms. The Morgan fingerprint density at radius 2 is 2.43 bits per heavy atom. The molecule has 1 atom stereocenters. The van der Waals surface area contributed by atoms with E-state index in [-0.39, 0.29) is 5.91 Å². The van der Waals surface area contributed by atoms with Gasteiger partial charge < -0.3 is 15.4 Å². The Morgan fingerprint density at radius 3 is 3.21 bits per heavy atom. The largest absolute Gasteiger partial charge is 0.384 e. The molecule has 1 unspecified atom stereocenters. The van der Waals surface area contributed by atoms with Crippen molar-refractivity contribution in [3.05, 3.63) is 0 Å². The van der Waals surface area contributed by atoms with Gasteiger partial charge in [0.2, 0.25) is 5.91 Å². The van der Waals surface area contributed by atoms with Crippen molar-refractivity contribution in [2.24, 2.45) is 0 Å². The van der Waals surface area contributed by atoms with Crippen LogP contribution in [0.4, 0.5) is 0 Å². The van der Waals surface area contributed by atoms with E-state index in [2.05, 4.69) is 10.6 Å². The van der Waals surface area contributed by atoms with Crippen LogP contribution in [0.1, 0.15) is 25.7 Å². The second-order valence-corrected chi connectivity index (χ2v) is 3.71. The third kappa shape index (κ3) is 4.58. The van der Waals surface area contributed by atoms with Crippen molar-refractivity contribution in [1.29, 1.82) is 0 Å². The zero-order chi connectivity index (χ0) is 10.2. The molecule has 0 saturated carbocycles. The highest BCUT2D eigenvalue weighted by Gasteiger charge is 2.13. The first-order valence-corrected chi connectivity index (χ1v) is 5.32. The Morgan fingerprint density at radius 1 is 1.57 bits per heavy atom. The Hall–Kier alpha value is -0.610. The number of rotatable bonds is 4. The van der Waals surface area contributed by atoms with Crippen molar-refractivity contribution in [2.45, 2.75) is 31.7 Å². The number of ether oxygens (including phenoxy) is 1. The summed E-state index contributed by atoms with van der Waals surface area (Å²) in [5.41, 5.74) is 0. The van der Waals surface area contributed by atoms with E-state index in [9.17, 15) is 4.79 Å². The summed E-state index contributed by atoms with van der Waals surface area (Å²) in [5, 5.41) is 6.33. The first kappa shape index (κ1) is 11.5. The fourth-order valence-corrected chi connectivity index (χ4v) is 1.64. The van der Waals surface area contributed by atoms with Crippen molar-refractivity contribution in [2.75, 3.05) is 26.8 Å². The lowest BCUT2D eigenvalue weighted by Crippen LogP contribution is -2.41. The molecule has 1 fully saturated rings. The van der Waals surface area contributed by atoms with Gasteiger partial charge in [0.1, 0.15) is 0 Å². The molecule has 4 nitrogen and oxygen atoms in total. The van der Waals surface area contributed by atoms with Crippen molar-refractivity contribution in [3.63, 3.8) is 0 Å². The van der Waals surface area contributed by atoms with Gasteiger partial charge in [0.25, 0.3) is 0 Å². The van der Waals surface area contributed by atoms with Crippen LogP contribution in [-0.2, 0) is 9.53 Å². The highest BCUT2D eigenvalue weighted by molar-refractivity contribution is 5.76. The Balaban J connectivity index is 2.17. The molecule has 2 N–H and O–H groups in total. The van der Waals surface area contributed by atoms with Crippen LogP contribution < -0.4 is 10.6 Å². The lowest BCUT2D eigenvalue weighted by molar-refractivity contribution is -0.122.